The summed E-state index contributed by atoms with van der Waals surface area (Å²) in [6.45, 7) is 4.77. The summed E-state index contributed by atoms with van der Waals surface area (Å²) in [4.78, 5) is 10.7. The van der Waals surface area contributed by atoms with Crippen LogP contribution < -0.4 is 10.6 Å². The minimum Gasteiger partial charge on any atom is -0.460 e. The molecule has 2 atom stereocenters. The number of unbranched alkanes of at least 4 members (excludes halogenated alkanes) is 3. The second-order valence-electron chi connectivity index (χ2n) is 4.51. The third kappa shape index (κ3) is 13.9. The van der Waals surface area contributed by atoms with Crippen molar-refractivity contribution < 1.29 is 29.2 Å². The average Bonchev–Trinajstić information content (AvgIpc) is 2.53. The topological polar surface area (TPSA) is 109 Å². The molecular weight excluding hydrogens is 292 g/mol. The maximum Gasteiger partial charge on any atom is 0.330 e. The zero-order chi connectivity index (χ0) is 16.6. The predicted molar refractivity (Wildman–Crippen MR) is 80.6 cm³/mol. The first-order chi connectivity index (χ1) is 10.6. The van der Waals surface area contributed by atoms with Gasteiger partial charge in [-0.3, -0.25) is 10.6 Å². The van der Waals surface area contributed by atoms with Crippen LogP contribution in [0, 0.1) is 0 Å². The van der Waals surface area contributed by atoms with Gasteiger partial charge in [-0.05, 0) is 25.9 Å². The number of esters is 1. The Morgan fingerprint density at radius 3 is 2.23 bits per heavy atom. The van der Waals surface area contributed by atoms with Gasteiger partial charge in [0, 0.05) is 13.2 Å². The van der Waals surface area contributed by atoms with E-state index in [4.69, 9.17) is 14.6 Å². The van der Waals surface area contributed by atoms with E-state index < -0.39 is 18.8 Å². The lowest BCUT2D eigenvalue weighted by Gasteiger charge is -2.13. The van der Waals surface area contributed by atoms with E-state index in [-0.39, 0.29) is 13.2 Å². The van der Waals surface area contributed by atoms with Gasteiger partial charge < -0.3 is 24.4 Å². The van der Waals surface area contributed by atoms with Gasteiger partial charge in [0.05, 0.1) is 6.61 Å². The molecule has 130 valence electrons. The van der Waals surface area contributed by atoms with E-state index in [9.17, 15) is 9.90 Å². The smallest absolute Gasteiger partial charge is 0.330 e. The van der Waals surface area contributed by atoms with Crippen LogP contribution in [0.1, 0.15) is 25.7 Å². The Kier molecular flexibility index (Phi) is 14.2. The maximum absolute atomic E-state index is 10.7. The average molecular weight is 320 g/mol. The minimum absolute atomic E-state index is 0.0733. The lowest BCUT2D eigenvalue weighted by Crippen LogP contribution is -2.33. The van der Waals surface area contributed by atoms with Crippen molar-refractivity contribution in [3.8, 4) is 0 Å². The summed E-state index contributed by atoms with van der Waals surface area (Å²) in [5.74, 6) is -0.515. The third-order valence-corrected chi connectivity index (χ3v) is 2.73. The number of carbonyl (C=O) groups excluding carboxylic acids is 1. The summed E-state index contributed by atoms with van der Waals surface area (Å²) in [5, 5.41) is 24.1. The van der Waals surface area contributed by atoms with Crippen LogP contribution in [0.5, 0.6) is 0 Å². The number of nitrogens with one attached hydrogen (secondary N) is 2. The summed E-state index contributed by atoms with van der Waals surface area (Å²) in [7, 11) is 1.43. The first-order valence-corrected chi connectivity index (χ1v) is 7.36. The van der Waals surface area contributed by atoms with Gasteiger partial charge >= 0.3 is 5.97 Å². The number of hydrogen-bond acceptors (Lipinski definition) is 8. The lowest BCUT2D eigenvalue weighted by molar-refractivity contribution is -0.150. The van der Waals surface area contributed by atoms with Crippen molar-refractivity contribution in [3.05, 3.63) is 12.7 Å². The molecule has 0 aliphatic heterocycles. The number of aliphatic hydroxyl groups is 2. The Labute approximate surface area is 131 Å². The number of aliphatic hydroxyl groups excluding tert-OH is 2. The number of ether oxygens (including phenoxy) is 3. The van der Waals surface area contributed by atoms with Crippen LogP contribution in [0.2, 0.25) is 0 Å². The molecule has 0 aliphatic carbocycles. The van der Waals surface area contributed by atoms with E-state index in [0.717, 1.165) is 31.8 Å². The molecule has 0 aromatic rings. The Bertz CT molecular complexity index is 291. The lowest BCUT2D eigenvalue weighted by atomic mass is 10.2. The van der Waals surface area contributed by atoms with Crippen molar-refractivity contribution in [1.29, 1.82) is 0 Å². The standard InChI is InChI=1S/C14H28N2O6/c1-3-12(17)21-10-11-22-14(19)16-9-7-5-4-6-8-15-13(18)20-2/h3,13-16,18-19H,1,4-11H2,2H3. The zero-order valence-electron chi connectivity index (χ0n) is 13.1. The SMILES string of the molecule is C=CC(=O)OCCOC(O)NCCCCCCNC(O)OC. The van der Waals surface area contributed by atoms with Crippen molar-refractivity contribution in [2.75, 3.05) is 33.4 Å². The molecule has 2 unspecified atom stereocenters. The van der Waals surface area contributed by atoms with Crippen LogP contribution >= 0.6 is 0 Å². The van der Waals surface area contributed by atoms with Gasteiger partial charge in [0.15, 0.2) is 0 Å². The monoisotopic (exact) mass is 320 g/mol. The first-order valence-electron chi connectivity index (χ1n) is 7.36. The fourth-order valence-electron chi connectivity index (χ4n) is 1.56. The molecule has 0 aromatic heterocycles. The Hall–Kier alpha value is -1.03. The van der Waals surface area contributed by atoms with Crippen molar-refractivity contribution in [3.63, 3.8) is 0 Å². The summed E-state index contributed by atoms with van der Waals surface area (Å²) >= 11 is 0. The quantitative estimate of drug-likeness (QED) is 0.141. The van der Waals surface area contributed by atoms with E-state index in [2.05, 4.69) is 21.9 Å². The van der Waals surface area contributed by atoms with Crippen molar-refractivity contribution in [2.24, 2.45) is 0 Å². The van der Waals surface area contributed by atoms with Crippen molar-refractivity contribution >= 4 is 5.97 Å². The van der Waals surface area contributed by atoms with E-state index in [1.54, 1.807) is 0 Å². The molecule has 0 spiro atoms. The van der Waals surface area contributed by atoms with Gasteiger partial charge in [0.1, 0.15) is 6.61 Å². The highest BCUT2D eigenvalue weighted by molar-refractivity contribution is 5.81. The predicted octanol–water partition coefficient (Wildman–Crippen LogP) is -0.330. The van der Waals surface area contributed by atoms with Crippen LogP contribution in [0.25, 0.3) is 0 Å². The Balaban J connectivity index is 3.26. The summed E-state index contributed by atoms with van der Waals surface area (Å²) < 4.78 is 14.3. The highest BCUT2D eigenvalue weighted by Gasteiger charge is 2.03. The molecule has 4 N–H and O–H groups in total. The molecule has 0 aromatic carbocycles. The molecule has 8 nitrogen and oxygen atoms in total. The van der Waals surface area contributed by atoms with E-state index >= 15 is 0 Å². The minimum atomic E-state index is -1.07. The van der Waals surface area contributed by atoms with E-state index in [1.807, 2.05) is 0 Å². The fraction of sp³-hybridized carbons (Fsp3) is 0.786. The first kappa shape index (κ1) is 21.0. The molecule has 0 radical (unpaired) electrons. The van der Waals surface area contributed by atoms with Crippen LogP contribution in [-0.2, 0) is 19.0 Å². The molecule has 0 bridgehead atoms. The van der Waals surface area contributed by atoms with Gasteiger partial charge in [-0.25, -0.2) is 4.79 Å². The second kappa shape index (κ2) is 14.9. The van der Waals surface area contributed by atoms with Crippen LogP contribution in [0.4, 0.5) is 0 Å². The number of rotatable bonds is 15. The van der Waals surface area contributed by atoms with Gasteiger partial charge in [0.25, 0.3) is 0 Å². The molecule has 0 heterocycles. The number of carbonyl (C=O) groups is 1. The highest BCUT2D eigenvalue weighted by Crippen LogP contribution is 1.98. The van der Waals surface area contributed by atoms with Crippen LogP contribution in [0.3, 0.4) is 0 Å². The van der Waals surface area contributed by atoms with Crippen LogP contribution in [-0.4, -0.2) is 62.4 Å². The largest absolute Gasteiger partial charge is 0.460 e. The van der Waals surface area contributed by atoms with Crippen molar-refractivity contribution in [2.45, 2.75) is 38.5 Å². The third-order valence-electron chi connectivity index (χ3n) is 2.73. The summed E-state index contributed by atoms with van der Waals surface area (Å²) in [6.07, 6.45) is 2.95. The van der Waals surface area contributed by atoms with E-state index in [1.165, 1.54) is 7.11 Å². The summed E-state index contributed by atoms with van der Waals surface area (Å²) in [5.41, 5.74) is 0. The molecule has 0 fully saturated rings. The number of hydrogen-bond donors (Lipinski definition) is 4. The zero-order valence-corrected chi connectivity index (χ0v) is 13.1. The highest BCUT2D eigenvalue weighted by atomic mass is 16.6. The van der Waals surface area contributed by atoms with Gasteiger partial charge in [0.2, 0.25) is 12.8 Å². The maximum atomic E-state index is 10.7. The summed E-state index contributed by atoms with van der Waals surface area (Å²) in [6, 6.07) is 0. The van der Waals surface area contributed by atoms with Crippen LogP contribution in [0.15, 0.2) is 12.7 Å². The van der Waals surface area contributed by atoms with Gasteiger partial charge in [-0.1, -0.05) is 19.4 Å². The fourth-order valence-corrected chi connectivity index (χ4v) is 1.56. The molecule has 0 amide bonds. The number of methoxy groups -OCH3 is 1. The molecule has 22 heavy (non-hydrogen) atoms. The van der Waals surface area contributed by atoms with Gasteiger partial charge in [-0.2, -0.15) is 0 Å². The molecule has 0 aliphatic rings. The molecule has 0 saturated carbocycles. The molecular formula is C14H28N2O6. The Morgan fingerprint density at radius 2 is 1.68 bits per heavy atom. The molecule has 0 rings (SSSR count). The molecule has 0 saturated heterocycles. The van der Waals surface area contributed by atoms with Crippen molar-refractivity contribution in [1.82, 2.24) is 10.6 Å². The second-order valence-corrected chi connectivity index (χ2v) is 4.51. The van der Waals surface area contributed by atoms with E-state index in [0.29, 0.717) is 13.1 Å². The van der Waals surface area contributed by atoms with Gasteiger partial charge in [-0.15, -0.1) is 0 Å². The molecule has 8 heteroatoms. The Morgan fingerprint density at radius 1 is 1.09 bits per heavy atom. The normalized spacial score (nSPS) is 13.6.